The molecule has 126 valence electrons. The zero-order valence-electron chi connectivity index (χ0n) is 13.0. The molecule has 0 unspecified atom stereocenters. The molecule has 0 aliphatic rings. The highest BCUT2D eigenvalue weighted by Gasteiger charge is 2.17. The van der Waals surface area contributed by atoms with Crippen molar-refractivity contribution in [3.05, 3.63) is 40.4 Å². The molecule has 3 rings (SSSR count). The number of carbonyl (C=O) groups excluding carboxylic acids is 1. The lowest BCUT2D eigenvalue weighted by Crippen LogP contribution is -2.22. The number of carbonyl (C=O) groups is 1. The minimum atomic E-state index is -0.492. The number of nitriles is 1. The SMILES string of the molecule is C[C@@H](Sc1ncc(C#N)c(N)n1)C(=O)Nc1ccc2[nH]c(=O)[nH]c2c1. The van der Waals surface area contributed by atoms with Gasteiger partial charge in [-0.1, -0.05) is 11.8 Å². The molecule has 0 aliphatic heterocycles. The maximum absolute atomic E-state index is 12.3. The first kappa shape index (κ1) is 16.5. The predicted molar refractivity (Wildman–Crippen MR) is 94.0 cm³/mol. The molecule has 1 aromatic carbocycles. The van der Waals surface area contributed by atoms with Gasteiger partial charge in [-0.2, -0.15) is 5.26 Å². The minimum Gasteiger partial charge on any atom is -0.382 e. The number of nitrogens with two attached hydrogens (primary N) is 1. The Morgan fingerprint density at radius 1 is 1.40 bits per heavy atom. The summed E-state index contributed by atoms with van der Waals surface area (Å²) in [7, 11) is 0. The average molecular weight is 355 g/mol. The van der Waals surface area contributed by atoms with Gasteiger partial charge in [-0.25, -0.2) is 14.8 Å². The first-order chi connectivity index (χ1) is 12.0. The molecule has 0 aliphatic carbocycles. The lowest BCUT2D eigenvalue weighted by atomic mass is 10.2. The van der Waals surface area contributed by atoms with Crippen molar-refractivity contribution in [3.8, 4) is 6.07 Å². The predicted octanol–water partition coefficient (Wildman–Crippen LogP) is 1.22. The Morgan fingerprint density at radius 2 is 2.16 bits per heavy atom. The molecule has 0 saturated carbocycles. The number of rotatable bonds is 4. The van der Waals surface area contributed by atoms with Crippen molar-refractivity contribution in [2.75, 3.05) is 11.1 Å². The Hall–Kier alpha value is -3.32. The molecule has 1 atom stereocenters. The number of fused-ring (bicyclic) bond motifs is 1. The number of aromatic nitrogens is 4. The Kier molecular flexibility index (Phi) is 4.40. The van der Waals surface area contributed by atoms with Gasteiger partial charge in [0.25, 0.3) is 0 Å². The first-order valence-corrected chi connectivity index (χ1v) is 8.06. The third-order valence-corrected chi connectivity index (χ3v) is 4.33. The van der Waals surface area contributed by atoms with Gasteiger partial charge in [-0.15, -0.1) is 0 Å². The van der Waals surface area contributed by atoms with Gasteiger partial charge >= 0.3 is 5.69 Å². The zero-order chi connectivity index (χ0) is 18.0. The molecule has 9 nitrogen and oxygen atoms in total. The molecule has 0 bridgehead atoms. The summed E-state index contributed by atoms with van der Waals surface area (Å²) in [6.45, 7) is 1.70. The molecule has 1 amide bonds. The molecule has 0 spiro atoms. The number of hydrogen-bond acceptors (Lipinski definition) is 7. The van der Waals surface area contributed by atoms with Crippen molar-refractivity contribution in [2.24, 2.45) is 0 Å². The summed E-state index contributed by atoms with van der Waals surface area (Å²) in [6.07, 6.45) is 1.32. The van der Waals surface area contributed by atoms with Crippen LogP contribution >= 0.6 is 11.8 Å². The standard InChI is InChI=1S/C15H13N7O2S/c1-7(25-15-18-6-8(5-16)12(17)22-15)13(23)19-9-2-3-10-11(4-9)21-14(24)20-10/h2-4,6-7H,1H3,(H,19,23)(H2,17,18,22)(H2,20,21,24)/t7-/m1/s1. The summed E-state index contributed by atoms with van der Waals surface area (Å²) in [5.74, 6) is -0.178. The quantitative estimate of drug-likeness (QED) is 0.405. The van der Waals surface area contributed by atoms with E-state index in [9.17, 15) is 9.59 Å². The Morgan fingerprint density at radius 3 is 2.88 bits per heavy atom. The van der Waals surface area contributed by atoms with Crippen LogP contribution in [0.15, 0.2) is 34.3 Å². The highest BCUT2D eigenvalue weighted by molar-refractivity contribution is 8.00. The Labute approximate surface area is 145 Å². The van der Waals surface area contributed by atoms with E-state index in [0.29, 0.717) is 21.9 Å². The molecule has 0 saturated heterocycles. The van der Waals surface area contributed by atoms with E-state index in [2.05, 4.69) is 25.3 Å². The number of imidazole rings is 1. The van der Waals surface area contributed by atoms with Crippen molar-refractivity contribution in [3.63, 3.8) is 0 Å². The molecule has 2 heterocycles. The van der Waals surface area contributed by atoms with Crippen LogP contribution in [0.1, 0.15) is 12.5 Å². The van der Waals surface area contributed by atoms with Crippen molar-refractivity contribution < 1.29 is 4.79 Å². The average Bonchev–Trinajstić information content (AvgIpc) is 2.94. The van der Waals surface area contributed by atoms with E-state index >= 15 is 0 Å². The van der Waals surface area contributed by atoms with Crippen molar-refractivity contribution in [1.82, 2.24) is 19.9 Å². The number of nitrogens with zero attached hydrogens (tertiary/aromatic N) is 3. The summed E-state index contributed by atoms with van der Waals surface area (Å²) >= 11 is 1.12. The second-order valence-electron chi connectivity index (χ2n) is 5.15. The number of anilines is 2. The Bertz CT molecular complexity index is 1050. The highest BCUT2D eigenvalue weighted by atomic mass is 32.2. The third-order valence-electron chi connectivity index (χ3n) is 3.35. The van der Waals surface area contributed by atoms with Gasteiger partial charge in [0.15, 0.2) is 5.16 Å². The van der Waals surface area contributed by atoms with Crippen LogP contribution < -0.4 is 16.7 Å². The van der Waals surface area contributed by atoms with Crippen molar-refractivity contribution in [2.45, 2.75) is 17.3 Å². The second kappa shape index (κ2) is 6.66. The monoisotopic (exact) mass is 355 g/mol. The number of aromatic amines is 2. The largest absolute Gasteiger partial charge is 0.382 e. The van der Waals surface area contributed by atoms with Crippen LogP contribution in [0.2, 0.25) is 0 Å². The van der Waals surface area contributed by atoms with Crippen LogP contribution in [-0.4, -0.2) is 31.1 Å². The number of H-pyrrole nitrogens is 2. The number of benzene rings is 1. The minimum absolute atomic E-state index is 0.0782. The number of thioether (sulfide) groups is 1. The van der Waals surface area contributed by atoms with Gasteiger partial charge in [0, 0.05) is 5.69 Å². The lowest BCUT2D eigenvalue weighted by molar-refractivity contribution is -0.115. The van der Waals surface area contributed by atoms with Crippen molar-refractivity contribution in [1.29, 1.82) is 5.26 Å². The van der Waals surface area contributed by atoms with E-state index in [1.807, 2.05) is 6.07 Å². The van der Waals surface area contributed by atoms with E-state index in [-0.39, 0.29) is 23.0 Å². The van der Waals surface area contributed by atoms with E-state index in [0.717, 1.165) is 11.8 Å². The fourth-order valence-corrected chi connectivity index (χ4v) is 2.83. The maximum Gasteiger partial charge on any atom is 0.323 e. The van der Waals surface area contributed by atoms with Crippen LogP contribution in [0.5, 0.6) is 0 Å². The number of nitrogen functional groups attached to an aromatic ring is 1. The van der Waals surface area contributed by atoms with Gasteiger partial charge < -0.3 is 21.0 Å². The molecule has 0 fully saturated rings. The molecular weight excluding hydrogens is 342 g/mol. The molecule has 5 N–H and O–H groups in total. The van der Waals surface area contributed by atoms with Crippen LogP contribution in [-0.2, 0) is 4.79 Å². The highest BCUT2D eigenvalue weighted by Crippen LogP contribution is 2.23. The number of hydrogen-bond donors (Lipinski definition) is 4. The second-order valence-corrected chi connectivity index (χ2v) is 6.46. The summed E-state index contributed by atoms with van der Waals surface area (Å²) in [6, 6.07) is 6.94. The van der Waals surface area contributed by atoms with Crippen LogP contribution in [0.3, 0.4) is 0 Å². The summed E-state index contributed by atoms with van der Waals surface area (Å²) in [5, 5.41) is 11.4. The van der Waals surface area contributed by atoms with Gasteiger partial charge in [-0.3, -0.25) is 4.79 Å². The van der Waals surface area contributed by atoms with Crippen LogP contribution in [0.25, 0.3) is 11.0 Å². The molecular formula is C15H13N7O2S. The normalized spacial score (nSPS) is 11.8. The molecule has 2 aromatic heterocycles. The zero-order valence-corrected chi connectivity index (χ0v) is 13.8. The van der Waals surface area contributed by atoms with Gasteiger partial charge in [-0.05, 0) is 25.1 Å². The molecule has 10 heteroatoms. The van der Waals surface area contributed by atoms with E-state index in [4.69, 9.17) is 11.0 Å². The first-order valence-electron chi connectivity index (χ1n) is 7.18. The molecule has 25 heavy (non-hydrogen) atoms. The van der Waals surface area contributed by atoms with Crippen molar-refractivity contribution >= 4 is 40.2 Å². The maximum atomic E-state index is 12.3. The third kappa shape index (κ3) is 3.61. The summed E-state index contributed by atoms with van der Waals surface area (Å²) in [4.78, 5) is 36.8. The van der Waals surface area contributed by atoms with Crippen LogP contribution in [0, 0.1) is 11.3 Å². The van der Waals surface area contributed by atoms with Gasteiger partial charge in [0.05, 0.1) is 22.5 Å². The van der Waals surface area contributed by atoms with E-state index in [1.54, 1.807) is 25.1 Å². The smallest absolute Gasteiger partial charge is 0.323 e. The summed E-state index contributed by atoms with van der Waals surface area (Å²) in [5.41, 5.74) is 7.34. The van der Waals surface area contributed by atoms with Crippen LogP contribution in [0.4, 0.5) is 11.5 Å². The van der Waals surface area contributed by atoms with E-state index < -0.39 is 5.25 Å². The topological polar surface area (TPSA) is 153 Å². The molecule has 0 radical (unpaired) electrons. The Balaban J connectivity index is 1.70. The van der Waals surface area contributed by atoms with E-state index in [1.165, 1.54) is 6.20 Å². The number of nitrogens with one attached hydrogen (secondary N) is 3. The van der Waals surface area contributed by atoms with Gasteiger partial charge in [0.2, 0.25) is 5.91 Å². The lowest BCUT2D eigenvalue weighted by Gasteiger charge is -2.11. The fourth-order valence-electron chi connectivity index (χ4n) is 2.09. The molecule has 3 aromatic rings. The summed E-state index contributed by atoms with van der Waals surface area (Å²) < 4.78 is 0. The fraction of sp³-hybridized carbons (Fsp3) is 0.133. The van der Waals surface area contributed by atoms with Gasteiger partial charge in [0.1, 0.15) is 17.5 Å². The number of amides is 1.